The van der Waals surface area contributed by atoms with E-state index in [4.69, 9.17) is 21.3 Å². The molecule has 8 nitrogen and oxygen atoms in total. The number of aromatic hydroxyl groups is 1. The predicted molar refractivity (Wildman–Crippen MR) is 154 cm³/mol. The number of halogens is 3. The number of phenols is 1. The summed E-state index contributed by atoms with van der Waals surface area (Å²) in [7, 11) is 2.07. The van der Waals surface area contributed by atoms with Crippen LogP contribution in [0.3, 0.4) is 0 Å². The Morgan fingerprint density at radius 3 is 2.43 bits per heavy atom. The maximum atomic E-state index is 12.7. The average Bonchev–Trinajstić information content (AvgIpc) is 2.80. The quantitative estimate of drug-likeness (QED) is 0.374. The van der Waals surface area contributed by atoms with Crippen molar-refractivity contribution < 1.29 is 18.3 Å². The van der Waals surface area contributed by atoms with E-state index in [1.165, 1.54) is 19.6 Å². The van der Waals surface area contributed by atoms with Crippen molar-refractivity contribution in [1.29, 1.82) is 0 Å². The van der Waals surface area contributed by atoms with Crippen LogP contribution in [0.15, 0.2) is 35.4 Å². The summed E-state index contributed by atoms with van der Waals surface area (Å²) < 4.78 is 30.5. The maximum Gasteiger partial charge on any atom is 0.179 e. The molecule has 4 rings (SSSR count). The van der Waals surface area contributed by atoms with Crippen LogP contribution in [-0.2, 0) is 9.84 Å². The molecule has 0 bridgehead atoms. The summed E-state index contributed by atoms with van der Waals surface area (Å²) in [5.41, 5.74) is 2.73. The summed E-state index contributed by atoms with van der Waals surface area (Å²) in [6, 6.07) is 6.97. The van der Waals surface area contributed by atoms with Crippen molar-refractivity contribution in [3.05, 3.63) is 35.5 Å². The molecule has 37 heavy (non-hydrogen) atoms. The number of phenolic OH excluding ortho intramolecular Hbond substituents is 1. The molecule has 3 aromatic rings. The van der Waals surface area contributed by atoms with Crippen LogP contribution in [0.25, 0.3) is 22.3 Å². The number of aromatic nitrogens is 2. The molecule has 2 aromatic heterocycles. The van der Waals surface area contributed by atoms with Crippen LogP contribution in [0.4, 0.5) is 5.69 Å². The number of methoxy groups -OCH3 is 1. The molecule has 0 amide bonds. The molecule has 1 aliphatic rings. The van der Waals surface area contributed by atoms with E-state index in [1.54, 1.807) is 24.3 Å². The van der Waals surface area contributed by atoms with Gasteiger partial charge in [0, 0.05) is 30.6 Å². The lowest BCUT2D eigenvalue weighted by atomic mass is 9.85. The van der Waals surface area contributed by atoms with Gasteiger partial charge in [0.2, 0.25) is 0 Å². The highest BCUT2D eigenvalue weighted by molar-refractivity contribution is 7.90. The first-order chi connectivity index (χ1) is 16.6. The van der Waals surface area contributed by atoms with Crippen molar-refractivity contribution in [2.45, 2.75) is 36.6 Å². The summed E-state index contributed by atoms with van der Waals surface area (Å²) in [6.07, 6.45) is 6.66. The topological polar surface area (TPSA) is 105 Å². The lowest BCUT2D eigenvalue weighted by molar-refractivity contribution is 0.255. The van der Waals surface area contributed by atoms with Crippen molar-refractivity contribution in [2.24, 2.45) is 5.92 Å². The third kappa shape index (κ3) is 7.09. The van der Waals surface area contributed by atoms with Gasteiger partial charge in [-0.05, 0) is 70.0 Å². The number of nitrogens with one attached hydrogen (secondary N) is 1. The van der Waals surface area contributed by atoms with Gasteiger partial charge in [0.1, 0.15) is 10.4 Å². The molecule has 1 aromatic carbocycles. The minimum absolute atomic E-state index is 0. The molecule has 0 unspecified atom stereocenters. The fourth-order valence-corrected chi connectivity index (χ4v) is 5.70. The van der Waals surface area contributed by atoms with Crippen LogP contribution >= 0.6 is 36.4 Å². The molecule has 1 aliphatic carbocycles. The van der Waals surface area contributed by atoms with Crippen molar-refractivity contribution in [3.63, 3.8) is 0 Å². The van der Waals surface area contributed by atoms with E-state index in [1.807, 2.05) is 0 Å². The van der Waals surface area contributed by atoms with Gasteiger partial charge < -0.3 is 20.1 Å². The molecule has 0 spiro atoms. The highest BCUT2D eigenvalue weighted by Gasteiger charge is 2.25. The van der Waals surface area contributed by atoms with E-state index in [9.17, 15) is 13.5 Å². The van der Waals surface area contributed by atoms with E-state index in [0.717, 1.165) is 32.2 Å². The summed E-state index contributed by atoms with van der Waals surface area (Å²) >= 11 is 6.19. The van der Waals surface area contributed by atoms with Gasteiger partial charge in [-0.15, -0.1) is 24.8 Å². The molecular formula is C25H33Cl3N4O4S. The number of hydrogen-bond acceptors (Lipinski definition) is 8. The van der Waals surface area contributed by atoms with E-state index in [0.29, 0.717) is 33.9 Å². The molecular weight excluding hydrogens is 559 g/mol. The van der Waals surface area contributed by atoms with Gasteiger partial charge in [0.05, 0.1) is 29.0 Å². The maximum absolute atomic E-state index is 12.7. The monoisotopic (exact) mass is 590 g/mol. The van der Waals surface area contributed by atoms with Crippen LogP contribution in [0.2, 0.25) is 5.02 Å². The second-order valence-corrected chi connectivity index (χ2v) is 11.9. The molecule has 1 saturated carbocycles. The van der Waals surface area contributed by atoms with Gasteiger partial charge in [-0.2, -0.15) is 0 Å². The van der Waals surface area contributed by atoms with Gasteiger partial charge >= 0.3 is 0 Å². The number of benzene rings is 1. The second-order valence-electron chi connectivity index (χ2n) is 9.47. The Balaban J connectivity index is 0.00000241. The number of sulfone groups is 1. The van der Waals surface area contributed by atoms with Crippen molar-refractivity contribution in [2.75, 3.05) is 39.3 Å². The number of rotatable bonds is 7. The number of hydrogen-bond donors (Lipinski definition) is 2. The zero-order valence-electron chi connectivity index (χ0n) is 21.2. The minimum atomic E-state index is -3.55. The zero-order chi connectivity index (χ0) is 25.3. The summed E-state index contributed by atoms with van der Waals surface area (Å²) in [4.78, 5) is 11.5. The van der Waals surface area contributed by atoms with Crippen LogP contribution < -0.4 is 10.1 Å². The van der Waals surface area contributed by atoms with E-state index in [-0.39, 0.29) is 52.3 Å². The van der Waals surface area contributed by atoms with Crippen LogP contribution in [0.1, 0.15) is 25.7 Å². The molecule has 2 heterocycles. The van der Waals surface area contributed by atoms with Crippen molar-refractivity contribution in [1.82, 2.24) is 14.9 Å². The van der Waals surface area contributed by atoms with Crippen LogP contribution in [-0.4, -0.2) is 68.4 Å². The normalized spacial score (nSPS) is 17.7. The molecule has 2 N–H and O–H groups in total. The number of ether oxygens (including phenoxy) is 1. The van der Waals surface area contributed by atoms with Crippen LogP contribution in [0, 0.1) is 5.92 Å². The Labute approximate surface area is 235 Å². The number of anilines is 1. The first-order valence-corrected chi connectivity index (χ1v) is 13.8. The fourth-order valence-electron chi connectivity index (χ4n) is 4.72. The minimum Gasteiger partial charge on any atom is -0.503 e. The van der Waals surface area contributed by atoms with Gasteiger partial charge in [-0.25, -0.2) is 13.4 Å². The standard InChI is InChI=1S/C25H31ClN4O4S.2ClH/c1-30(2)14-15-5-7-17(8-6-15)28-24-22(35(4,32)33)13-27-20-10-9-19(29-23(20)24)16-11-18(26)25(31)21(12-16)34-3;;/h9-13,15,17,31H,5-8,14H2,1-4H3,(H,27,28);2*1H. The summed E-state index contributed by atoms with van der Waals surface area (Å²) in [5, 5.41) is 13.7. The Bertz CT molecular complexity index is 1350. The third-order valence-corrected chi connectivity index (χ3v) is 7.84. The molecule has 0 atom stereocenters. The highest BCUT2D eigenvalue weighted by Crippen LogP contribution is 2.39. The summed E-state index contributed by atoms with van der Waals surface area (Å²) in [6.45, 7) is 1.06. The average molecular weight is 592 g/mol. The van der Waals surface area contributed by atoms with Crippen molar-refractivity contribution >= 4 is 63.0 Å². The molecule has 1 fully saturated rings. The molecule has 12 heteroatoms. The first kappa shape index (κ1) is 31.2. The lowest BCUT2D eigenvalue weighted by Gasteiger charge is -2.31. The largest absolute Gasteiger partial charge is 0.503 e. The lowest BCUT2D eigenvalue weighted by Crippen LogP contribution is -2.31. The molecule has 0 saturated heterocycles. The SMILES string of the molecule is COc1cc(-c2ccc3ncc(S(C)(=O)=O)c(NC4CCC(CN(C)C)CC4)c3n2)cc(Cl)c1O.Cl.Cl. The Kier molecular flexibility index (Phi) is 10.7. The highest BCUT2D eigenvalue weighted by atomic mass is 35.5. The number of fused-ring (bicyclic) bond motifs is 1. The molecule has 0 radical (unpaired) electrons. The number of pyridine rings is 2. The molecule has 0 aliphatic heterocycles. The molecule has 204 valence electrons. The number of nitrogens with zero attached hydrogens (tertiary/aromatic N) is 3. The fraction of sp³-hybridized carbons (Fsp3) is 0.440. The Morgan fingerprint density at radius 1 is 1.16 bits per heavy atom. The predicted octanol–water partition coefficient (Wildman–Crippen LogP) is 5.44. The van der Waals surface area contributed by atoms with Gasteiger partial charge in [0.25, 0.3) is 0 Å². The van der Waals surface area contributed by atoms with E-state index in [2.05, 4.69) is 29.3 Å². The van der Waals surface area contributed by atoms with Gasteiger partial charge in [-0.3, -0.25) is 4.98 Å². The van der Waals surface area contributed by atoms with E-state index >= 15 is 0 Å². The van der Waals surface area contributed by atoms with Gasteiger partial charge in [0.15, 0.2) is 21.3 Å². The zero-order valence-corrected chi connectivity index (χ0v) is 24.4. The third-order valence-electron chi connectivity index (χ3n) is 6.44. The van der Waals surface area contributed by atoms with Crippen molar-refractivity contribution in [3.8, 4) is 22.8 Å². The Morgan fingerprint density at radius 2 is 1.84 bits per heavy atom. The first-order valence-electron chi connectivity index (χ1n) is 11.5. The Hall–Kier alpha value is -2.04. The van der Waals surface area contributed by atoms with E-state index < -0.39 is 9.84 Å². The van der Waals surface area contributed by atoms with Crippen LogP contribution in [0.5, 0.6) is 11.5 Å². The second kappa shape index (κ2) is 12.7. The summed E-state index contributed by atoms with van der Waals surface area (Å²) in [5.74, 6) is 0.725. The smallest absolute Gasteiger partial charge is 0.179 e. The van der Waals surface area contributed by atoms with Gasteiger partial charge in [-0.1, -0.05) is 11.6 Å².